The van der Waals surface area contributed by atoms with Crippen molar-refractivity contribution < 1.29 is 0 Å². The van der Waals surface area contributed by atoms with Crippen molar-refractivity contribution in [1.29, 1.82) is 0 Å². The van der Waals surface area contributed by atoms with Gasteiger partial charge in [-0.25, -0.2) is 9.97 Å². The highest BCUT2D eigenvalue weighted by Gasteiger charge is 2.13. The Kier molecular flexibility index (Phi) is 4.00. The fraction of sp³-hybridized carbons (Fsp3) is 0.333. The van der Waals surface area contributed by atoms with Gasteiger partial charge in [-0.15, -0.1) is 0 Å². The molecule has 1 aromatic carbocycles. The van der Waals surface area contributed by atoms with E-state index in [4.69, 9.17) is 0 Å². The molecule has 0 unspecified atom stereocenters. The highest BCUT2D eigenvalue weighted by Crippen LogP contribution is 2.29. The molecule has 4 nitrogen and oxygen atoms in total. The molecule has 2 rings (SSSR count). The van der Waals surface area contributed by atoms with Gasteiger partial charge in [0.15, 0.2) is 0 Å². The van der Waals surface area contributed by atoms with Crippen LogP contribution in [0.25, 0.3) is 0 Å². The van der Waals surface area contributed by atoms with Crippen LogP contribution >= 0.6 is 0 Å². The SMILES string of the molecule is CCNc1ncnc(N(C)c2ccccc2C)c1C. The summed E-state index contributed by atoms with van der Waals surface area (Å²) in [6.07, 6.45) is 1.61. The molecule has 1 heterocycles. The van der Waals surface area contributed by atoms with Gasteiger partial charge in [0.25, 0.3) is 0 Å². The Balaban J connectivity index is 2.42. The molecule has 0 amide bonds. The lowest BCUT2D eigenvalue weighted by Crippen LogP contribution is -2.15. The summed E-state index contributed by atoms with van der Waals surface area (Å²) in [6, 6.07) is 8.29. The second kappa shape index (κ2) is 5.69. The third-order valence-electron chi connectivity index (χ3n) is 3.20. The van der Waals surface area contributed by atoms with Crippen LogP contribution in [0.4, 0.5) is 17.3 Å². The van der Waals surface area contributed by atoms with E-state index in [1.165, 1.54) is 5.56 Å². The number of hydrogen-bond acceptors (Lipinski definition) is 4. The van der Waals surface area contributed by atoms with E-state index in [9.17, 15) is 0 Å². The van der Waals surface area contributed by atoms with Gasteiger partial charge in [-0.2, -0.15) is 0 Å². The lowest BCUT2D eigenvalue weighted by molar-refractivity contribution is 1.03. The summed E-state index contributed by atoms with van der Waals surface area (Å²) in [6.45, 7) is 7.06. The van der Waals surface area contributed by atoms with Crippen molar-refractivity contribution in [3.63, 3.8) is 0 Å². The van der Waals surface area contributed by atoms with Crippen LogP contribution in [0.15, 0.2) is 30.6 Å². The molecular weight excluding hydrogens is 236 g/mol. The first kappa shape index (κ1) is 13.3. The van der Waals surface area contributed by atoms with Gasteiger partial charge in [0.2, 0.25) is 0 Å². The maximum atomic E-state index is 4.41. The molecule has 0 atom stereocenters. The fourth-order valence-corrected chi connectivity index (χ4v) is 2.18. The number of aryl methyl sites for hydroxylation is 1. The van der Waals surface area contributed by atoms with Crippen molar-refractivity contribution in [3.8, 4) is 0 Å². The Morgan fingerprint density at radius 2 is 1.89 bits per heavy atom. The molecule has 4 heteroatoms. The number of nitrogens with zero attached hydrogens (tertiary/aromatic N) is 3. The standard InChI is InChI=1S/C15H20N4/c1-5-16-14-12(3)15(18-10-17-14)19(4)13-9-7-6-8-11(13)2/h6-10H,5H2,1-4H3,(H,16,17,18). The summed E-state index contributed by atoms with van der Waals surface area (Å²) < 4.78 is 0. The zero-order valence-electron chi connectivity index (χ0n) is 11.9. The predicted octanol–water partition coefficient (Wildman–Crippen LogP) is 3.29. The summed E-state index contributed by atoms with van der Waals surface area (Å²) >= 11 is 0. The molecule has 0 bridgehead atoms. The van der Waals surface area contributed by atoms with Crippen LogP contribution < -0.4 is 10.2 Å². The molecule has 0 saturated heterocycles. The van der Waals surface area contributed by atoms with Gasteiger partial charge in [-0.3, -0.25) is 0 Å². The first-order valence-electron chi connectivity index (χ1n) is 6.50. The zero-order valence-corrected chi connectivity index (χ0v) is 11.9. The molecule has 0 fully saturated rings. The summed E-state index contributed by atoms with van der Waals surface area (Å²) in [4.78, 5) is 10.8. The maximum Gasteiger partial charge on any atom is 0.141 e. The molecule has 1 N–H and O–H groups in total. The minimum absolute atomic E-state index is 0.853. The minimum Gasteiger partial charge on any atom is -0.370 e. The van der Waals surface area contributed by atoms with Gasteiger partial charge in [0, 0.05) is 24.8 Å². The molecule has 0 spiro atoms. The Morgan fingerprint density at radius 3 is 2.58 bits per heavy atom. The van der Waals surface area contributed by atoms with Gasteiger partial charge >= 0.3 is 0 Å². The largest absolute Gasteiger partial charge is 0.370 e. The number of rotatable bonds is 4. The Morgan fingerprint density at radius 1 is 1.16 bits per heavy atom. The normalized spacial score (nSPS) is 10.3. The number of benzene rings is 1. The fourth-order valence-electron chi connectivity index (χ4n) is 2.18. The average molecular weight is 256 g/mol. The third kappa shape index (κ3) is 2.67. The molecule has 0 aliphatic rings. The lowest BCUT2D eigenvalue weighted by Gasteiger charge is -2.23. The summed E-state index contributed by atoms with van der Waals surface area (Å²) in [5, 5.41) is 3.26. The van der Waals surface area contributed by atoms with E-state index in [0.717, 1.165) is 29.4 Å². The quantitative estimate of drug-likeness (QED) is 0.911. The Labute approximate surface area is 114 Å². The van der Waals surface area contributed by atoms with Gasteiger partial charge in [0.05, 0.1) is 0 Å². The molecule has 2 aromatic rings. The second-order valence-electron chi connectivity index (χ2n) is 4.55. The van der Waals surface area contributed by atoms with Crippen molar-refractivity contribution in [3.05, 3.63) is 41.7 Å². The molecule has 1 aromatic heterocycles. The van der Waals surface area contributed by atoms with E-state index < -0.39 is 0 Å². The molecule has 0 aliphatic heterocycles. The molecule has 19 heavy (non-hydrogen) atoms. The highest BCUT2D eigenvalue weighted by molar-refractivity contribution is 5.68. The number of hydrogen-bond donors (Lipinski definition) is 1. The van der Waals surface area contributed by atoms with Crippen LogP contribution in [0.5, 0.6) is 0 Å². The summed E-state index contributed by atoms with van der Waals surface area (Å²) in [5.74, 6) is 1.83. The topological polar surface area (TPSA) is 41.1 Å². The summed E-state index contributed by atoms with van der Waals surface area (Å²) in [5.41, 5.74) is 3.45. The smallest absolute Gasteiger partial charge is 0.141 e. The van der Waals surface area contributed by atoms with Crippen LogP contribution in [-0.2, 0) is 0 Å². The predicted molar refractivity (Wildman–Crippen MR) is 80.2 cm³/mol. The first-order valence-corrected chi connectivity index (χ1v) is 6.50. The Bertz CT molecular complexity index is 566. The van der Waals surface area contributed by atoms with Gasteiger partial charge in [-0.1, -0.05) is 18.2 Å². The number of aromatic nitrogens is 2. The van der Waals surface area contributed by atoms with E-state index in [-0.39, 0.29) is 0 Å². The highest BCUT2D eigenvalue weighted by atomic mass is 15.2. The zero-order chi connectivity index (χ0) is 13.8. The van der Waals surface area contributed by atoms with E-state index >= 15 is 0 Å². The average Bonchev–Trinajstić information content (AvgIpc) is 2.41. The lowest BCUT2D eigenvalue weighted by atomic mass is 10.1. The van der Waals surface area contributed by atoms with Crippen molar-refractivity contribution >= 4 is 17.3 Å². The number of nitrogens with one attached hydrogen (secondary N) is 1. The molecule has 100 valence electrons. The van der Waals surface area contributed by atoms with Crippen LogP contribution in [0.2, 0.25) is 0 Å². The van der Waals surface area contributed by atoms with Crippen molar-refractivity contribution in [2.24, 2.45) is 0 Å². The third-order valence-corrected chi connectivity index (χ3v) is 3.20. The number of anilines is 3. The van der Waals surface area contributed by atoms with Crippen LogP contribution in [0.1, 0.15) is 18.1 Å². The van der Waals surface area contributed by atoms with Crippen molar-refractivity contribution in [1.82, 2.24) is 9.97 Å². The van der Waals surface area contributed by atoms with Gasteiger partial charge in [0.1, 0.15) is 18.0 Å². The van der Waals surface area contributed by atoms with Crippen LogP contribution in [0, 0.1) is 13.8 Å². The van der Waals surface area contributed by atoms with E-state index in [0.29, 0.717) is 0 Å². The van der Waals surface area contributed by atoms with E-state index in [1.807, 2.05) is 26.1 Å². The molecule has 0 aliphatic carbocycles. The molecule has 0 saturated carbocycles. The maximum absolute atomic E-state index is 4.41. The van der Waals surface area contributed by atoms with E-state index in [2.05, 4.69) is 46.2 Å². The first-order chi connectivity index (χ1) is 9.15. The van der Waals surface area contributed by atoms with Crippen molar-refractivity contribution in [2.75, 3.05) is 23.8 Å². The monoisotopic (exact) mass is 256 g/mol. The van der Waals surface area contributed by atoms with Crippen LogP contribution in [-0.4, -0.2) is 23.6 Å². The minimum atomic E-state index is 0.853. The van der Waals surface area contributed by atoms with Gasteiger partial charge in [-0.05, 0) is 32.4 Å². The molecular formula is C15H20N4. The second-order valence-corrected chi connectivity index (χ2v) is 4.55. The van der Waals surface area contributed by atoms with Gasteiger partial charge < -0.3 is 10.2 Å². The summed E-state index contributed by atoms with van der Waals surface area (Å²) in [7, 11) is 2.04. The molecule has 0 radical (unpaired) electrons. The van der Waals surface area contributed by atoms with Crippen LogP contribution in [0.3, 0.4) is 0 Å². The van der Waals surface area contributed by atoms with Crippen molar-refractivity contribution in [2.45, 2.75) is 20.8 Å². The Hall–Kier alpha value is -2.10. The number of para-hydroxylation sites is 1. The van der Waals surface area contributed by atoms with E-state index in [1.54, 1.807) is 6.33 Å².